The van der Waals surface area contributed by atoms with E-state index in [1.807, 2.05) is 30.3 Å². The lowest BCUT2D eigenvalue weighted by molar-refractivity contribution is -0.274. The number of cyclic esters (lactones) is 1. The van der Waals surface area contributed by atoms with Gasteiger partial charge in [0.2, 0.25) is 0 Å². The monoisotopic (exact) mass is 278 g/mol. The number of benzene rings is 1. The van der Waals surface area contributed by atoms with E-state index in [0.717, 1.165) is 5.56 Å². The number of Topliss-reactive ketones (excluding diaryl/α,β-unsaturated/α-hetero) is 1. The Hall–Kier alpha value is -1.72. The SMILES string of the molecule is COOCCC1OC(=O)C(CCc2ccccc2)C1=O. The number of esters is 1. The summed E-state index contributed by atoms with van der Waals surface area (Å²) in [5, 5.41) is 0. The van der Waals surface area contributed by atoms with Crippen molar-refractivity contribution in [3.63, 3.8) is 0 Å². The number of carbonyl (C=O) groups excluding carboxylic acids is 2. The topological polar surface area (TPSA) is 61.8 Å². The highest BCUT2D eigenvalue weighted by molar-refractivity contribution is 6.06. The fourth-order valence-corrected chi connectivity index (χ4v) is 2.28. The summed E-state index contributed by atoms with van der Waals surface area (Å²) in [6.07, 6.45) is 0.815. The van der Waals surface area contributed by atoms with Gasteiger partial charge in [0.1, 0.15) is 5.92 Å². The van der Waals surface area contributed by atoms with Crippen LogP contribution in [0.15, 0.2) is 30.3 Å². The van der Waals surface area contributed by atoms with Gasteiger partial charge in [-0.25, -0.2) is 9.78 Å². The summed E-state index contributed by atoms with van der Waals surface area (Å²) in [6.45, 7) is 0.228. The summed E-state index contributed by atoms with van der Waals surface area (Å²) in [4.78, 5) is 33.0. The molecular weight excluding hydrogens is 260 g/mol. The zero-order valence-electron chi connectivity index (χ0n) is 11.4. The van der Waals surface area contributed by atoms with Crippen LogP contribution in [0.1, 0.15) is 18.4 Å². The predicted octanol–water partition coefficient (Wildman–Crippen LogP) is 1.70. The molecule has 0 bridgehead atoms. The maximum atomic E-state index is 12.1. The van der Waals surface area contributed by atoms with Gasteiger partial charge in [0.25, 0.3) is 0 Å². The molecule has 1 aromatic carbocycles. The quantitative estimate of drug-likeness (QED) is 0.250. The number of hydrogen-bond acceptors (Lipinski definition) is 5. The third-order valence-electron chi connectivity index (χ3n) is 3.35. The van der Waals surface area contributed by atoms with Gasteiger partial charge in [-0.15, -0.1) is 0 Å². The Morgan fingerprint density at radius 3 is 2.60 bits per heavy atom. The molecule has 1 heterocycles. The van der Waals surface area contributed by atoms with Crippen molar-refractivity contribution in [3.8, 4) is 0 Å². The largest absolute Gasteiger partial charge is 0.454 e. The summed E-state index contributed by atoms with van der Waals surface area (Å²) in [5.74, 6) is -1.22. The molecule has 0 saturated carbocycles. The van der Waals surface area contributed by atoms with Crippen LogP contribution in [0.4, 0.5) is 0 Å². The van der Waals surface area contributed by atoms with Crippen LogP contribution < -0.4 is 0 Å². The van der Waals surface area contributed by atoms with Crippen molar-refractivity contribution in [2.24, 2.45) is 5.92 Å². The number of hydrogen-bond donors (Lipinski definition) is 0. The molecule has 0 aromatic heterocycles. The third-order valence-corrected chi connectivity index (χ3v) is 3.35. The zero-order valence-corrected chi connectivity index (χ0v) is 11.4. The van der Waals surface area contributed by atoms with Gasteiger partial charge in [0.05, 0.1) is 13.7 Å². The van der Waals surface area contributed by atoms with Crippen LogP contribution in [0.2, 0.25) is 0 Å². The standard InChI is InChI=1S/C15H18O5/c1-18-19-10-9-13-14(16)12(15(17)20-13)8-7-11-5-3-2-4-6-11/h2-6,12-13H,7-10H2,1H3. The van der Waals surface area contributed by atoms with E-state index in [9.17, 15) is 9.59 Å². The lowest BCUT2D eigenvalue weighted by Crippen LogP contribution is -2.22. The van der Waals surface area contributed by atoms with Gasteiger partial charge in [-0.2, -0.15) is 0 Å². The smallest absolute Gasteiger partial charge is 0.317 e. The molecule has 2 unspecified atom stereocenters. The molecular formula is C15H18O5. The van der Waals surface area contributed by atoms with Crippen LogP contribution >= 0.6 is 0 Å². The molecule has 0 amide bonds. The molecule has 2 rings (SSSR count). The first-order valence-corrected chi connectivity index (χ1v) is 6.66. The van der Waals surface area contributed by atoms with Crippen molar-refractivity contribution in [1.29, 1.82) is 0 Å². The molecule has 5 heteroatoms. The minimum Gasteiger partial charge on any atom is -0.454 e. The first-order chi connectivity index (χ1) is 9.72. The molecule has 1 aliphatic heterocycles. The van der Waals surface area contributed by atoms with Gasteiger partial charge >= 0.3 is 5.97 Å². The summed E-state index contributed by atoms with van der Waals surface area (Å²) in [5.41, 5.74) is 1.11. The highest BCUT2D eigenvalue weighted by Crippen LogP contribution is 2.24. The summed E-state index contributed by atoms with van der Waals surface area (Å²) >= 11 is 0. The maximum absolute atomic E-state index is 12.1. The van der Waals surface area contributed by atoms with E-state index < -0.39 is 18.0 Å². The molecule has 1 fully saturated rings. The molecule has 108 valence electrons. The van der Waals surface area contributed by atoms with Crippen molar-refractivity contribution in [2.45, 2.75) is 25.4 Å². The van der Waals surface area contributed by atoms with Crippen LogP contribution in [-0.2, 0) is 30.5 Å². The van der Waals surface area contributed by atoms with Gasteiger partial charge in [-0.3, -0.25) is 9.59 Å². The molecule has 1 saturated heterocycles. The van der Waals surface area contributed by atoms with Gasteiger partial charge < -0.3 is 4.74 Å². The normalized spacial score (nSPS) is 22.1. The minimum absolute atomic E-state index is 0.148. The Kier molecular flexibility index (Phi) is 5.26. The van der Waals surface area contributed by atoms with Gasteiger partial charge in [0, 0.05) is 6.42 Å². The second-order valence-corrected chi connectivity index (χ2v) is 4.68. The van der Waals surface area contributed by atoms with E-state index in [0.29, 0.717) is 19.3 Å². The predicted molar refractivity (Wildman–Crippen MR) is 70.7 cm³/mol. The van der Waals surface area contributed by atoms with Gasteiger partial charge in [-0.1, -0.05) is 30.3 Å². The average Bonchev–Trinajstić information content (AvgIpc) is 2.73. The first kappa shape index (κ1) is 14.7. The summed E-state index contributed by atoms with van der Waals surface area (Å²) < 4.78 is 5.10. The lowest BCUT2D eigenvalue weighted by atomic mass is 9.94. The molecule has 0 aliphatic carbocycles. The average molecular weight is 278 g/mol. The number of ether oxygens (including phenoxy) is 1. The number of aryl methyl sites for hydroxylation is 1. The molecule has 5 nitrogen and oxygen atoms in total. The van der Waals surface area contributed by atoms with E-state index in [1.165, 1.54) is 7.11 Å². The van der Waals surface area contributed by atoms with Gasteiger partial charge in [-0.05, 0) is 18.4 Å². The number of carbonyl (C=O) groups is 2. The summed E-state index contributed by atoms with van der Waals surface area (Å²) in [7, 11) is 1.39. The number of ketones is 1. The molecule has 1 aliphatic rings. The Labute approximate surface area is 117 Å². The molecule has 0 N–H and O–H groups in total. The van der Waals surface area contributed by atoms with E-state index in [4.69, 9.17) is 9.62 Å². The van der Waals surface area contributed by atoms with Crippen molar-refractivity contribution in [3.05, 3.63) is 35.9 Å². The van der Waals surface area contributed by atoms with Crippen molar-refractivity contribution >= 4 is 11.8 Å². The molecule has 2 atom stereocenters. The Bertz CT molecular complexity index is 457. The Balaban J connectivity index is 1.85. The van der Waals surface area contributed by atoms with Crippen molar-refractivity contribution in [1.82, 2.24) is 0 Å². The molecule has 0 spiro atoms. The van der Waals surface area contributed by atoms with Crippen LogP contribution in [0, 0.1) is 5.92 Å². The fraction of sp³-hybridized carbons (Fsp3) is 0.467. The van der Waals surface area contributed by atoms with E-state index >= 15 is 0 Å². The van der Waals surface area contributed by atoms with Gasteiger partial charge in [0.15, 0.2) is 11.9 Å². The van der Waals surface area contributed by atoms with Crippen LogP contribution in [0.25, 0.3) is 0 Å². The number of rotatable bonds is 7. The van der Waals surface area contributed by atoms with E-state index in [1.54, 1.807) is 0 Å². The van der Waals surface area contributed by atoms with Crippen LogP contribution in [0.3, 0.4) is 0 Å². The first-order valence-electron chi connectivity index (χ1n) is 6.66. The van der Waals surface area contributed by atoms with Crippen molar-refractivity contribution in [2.75, 3.05) is 13.7 Å². The highest BCUT2D eigenvalue weighted by atomic mass is 17.2. The Morgan fingerprint density at radius 2 is 1.90 bits per heavy atom. The maximum Gasteiger partial charge on any atom is 0.317 e. The third kappa shape index (κ3) is 3.65. The van der Waals surface area contributed by atoms with E-state index in [2.05, 4.69) is 4.89 Å². The van der Waals surface area contributed by atoms with E-state index in [-0.39, 0.29) is 12.4 Å². The highest BCUT2D eigenvalue weighted by Gasteiger charge is 2.42. The summed E-state index contributed by atoms with van der Waals surface area (Å²) in [6, 6.07) is 9.78. The molecule has 1 aromatic rings. The fourth-order valence-electron chi connectivity index (χ4n) is 2.28. The zero-order chi connectivity index (χ0) is 14.4. The second-order valence-electron chi connectivity index (χ2n) is 4.68. The van der Waals surface area contributed by atoms with Crippen molar-refractivity contribution < 1.29 is 24.1 Å². The lowest BCUT2D eigenvalue weighted by Gasteiger charge is -2.06. The molecule has 0 radical (unpaired) electrons. The van der Waals surface area contributed by atoms with Crippen LogP contribution in [0.5, 0.6) is 0 Å². The van der Waals surface area contributed by atoms with Crippen LogP contribution in [-0.4, -0.2) is 31.6 Å². The molecule has 20 heavy (non-hydrogen) atoms. The second kappa shape index (κ2) is 7.17. The minimum atomic E-state index is -0.696. The Morgan fingerprint density at radius 1 is 1.15 bits per heavy atom.